The first-order valence-electron chi connectivity index (χ1n) is 4.45. The SMILES string of the molecule is C=CCCc1nc2cc(Cl)ccc2o1. The van der Waals surface area contributed by atoms with Crippen molar-refractivity contribution in [2.45, 2.75) is 12.8 Å². The van der Waals surface area contributed by atoms with Gasteiger partial charge in [-0.3, -0.25) is 0 Å². The minimum absolute atomic E-state index is 0.682. The molecule has 0 radical (unpaired) electrons. The van der Waals surface area contributed by atoms with Crippen LogP contribution in [-0.4, -0.2) is 4.98 Å². The molecule has 0 unspecified atom stereocenters. The van der Waals surface area contributed by atoms with Gasteiger partial charge in [-0.05, 0) is 24.6 Å². The average Bonchev–Trinajstić information content (AvgIpc) is 2.56. The smallest absolute Gasteiger partial charge is 0.195 e. The van der Waals surface area contributed by atoms with Crippen molar-refractivity contribution in [3.05, 3.63) is 41.8 Å². The number of benzene rings is 1. The highest BCUT2D eigenvalue weighted by Crippen LogP contribution is 2.20. The van der Waals surface area contributed by atoms with E-state index in [1.165, 1.54) is 0 Å². The van der Waals surface area contributed by atoms with E-state index in [1.54, 1.807) is 12.1 Å². The largest absolute Gasteiger partial charge is 0.441 e. The Morgan fingerprint density at radius 2 is 2.36 bits per heavy atom. The Morgan fingerprint density at radius 1 is 1.50 bits per heavy atom. The number of fused-ring (bicyclic) bond motifs is 1. The fraction of sp³-hybridized carbons (Fsp3) is 0.182. The lowest BCUT2D eigenvalue weighted by molar-refractivity contribution is 0.530. The van der Waals surface area contributed by atoms with E-state index in [1.807, 2.05) is 12.1 Å². The number of halogens is 1. The summed E-state index contributed by atoms with van der Waals surface area (Å²) in [5, 5.41) is 0.682. The van der Waals surface area contributed by atoms with Crippen molar-refractivity contribution in [1.82, 2.24) is 4.98 Å². The zero-order valence-corrected chi connectivity index (χ0v) is 8.42. The van der Waals surface area contributed by atoms with Gasteiger partial charge in [0.2, 0.25) is 0 Å². The van der Waals surface area contributed by atoms with Gasteiger partial charge in [0.15, 0.2) is 11.5 Å². The summed E-state index contributed by atoms with van der Waals surface area (Å²) in [7, 11) is 0. The summed E-state index contributed by atoms with van der Waals surface area (Å²) >= 11 is 5.83. The maximum Gasteiger partial charge on any atom is 0.195 e. The molecule has 0 fully saturated rings. The summed E-state index contributed by atoms with van der Waals surface area (Å²) in [5.74, 6) is 0.738. The minimum atomic E-state index is 0.682. The molecule has 1 aromatic carbocycles. The Labute approximate surface area is 87.2 Å². The number of allylic oxidation sites excluding steroid dienone is 1. The summed E-state index contributed by atoms with van der Waals surface area (Å²) in [5.41, 5.74) is 1.60. The molecule has 0 bridgehead atoms. The maximum absolute atomic E-state index is 5.83. The summed E-state index contributed by atoms with van der Waals surface area (Å²) in [6.45, 7) is 3.65. The number of hydrogen-bond donors (Lipinski definition) is 0. The van der Waals surface area contributed by atoms with Crippen molar-refractivity contribution in [3.8, 4) is 0 Å². The van der Waals surface area contributed by atoms with Crippen LogP contribution in [0, 0.1) is 0 Å². The van der Waals surface area contributed by atoms with Crippen molar-refractivity contribution < 1.29 is 4.42 Å². The lowest BCUT2D eigenvalue weighted by Gasteiger charge is -1.86. The van der Waals surface area contributed by atoms with Crippen molar-refractivity contribution in [1.29, 1.82) is 0 Å². The second-order valence-corrected chi connectivity index (χ2v) is 3.48. The Morgan fingerprint density at radius 3 is 3.14 bits per heavy atom. The molecule has 0 aliphatic rings. The molecule has 0 saturated carbocycles. The van der Waals surface area contributed by atoms with Crippen molar-refractivity contribution >= 4 is 22.7 Å². The van der Waals surface area contributed by atoms with Gasteiger partial charge in [-0.25, -0.2) is 4.98 Å². The first-order chi connectivity index (χ1) is 6.79. The molecule has 0 atom stereocenters. The van der Waals surface area contributed by atoms with Gasteiger partial charge in [-0.1, -0.05) is 17.7 Å². The fourth-order valence-corrected chi connectivity index (χ4v) is 1.45. The van der Waals surface area contributed by atoms with Crippen LogP contribution in [0.5, 0.6) is 0 Å². The molecule has 2 aromatic rings. The Hall–Kier alpha value is -1.28. The third kappa shape index (κ3) is 1.80. The molecule has 0 spiro atoms. The summed E-state index contributed by atoms with van der Waals surface area (Å²) < 4.78 is 5.51. The minimum Gasteiger partial charge on any atom is -0.441 e. The highest BCUT2D eigenvalue weighted by atomic mass is 35.5. The van der Waals surface area contributed by atoms with Crippen LogP contribution in [0.25, 0.3) is 11.1 Å². The maximum atomic E-state index is 5.83. The third-order valence-electron chi connectivity index (χ3n) is 1.96. The monoisotopic (exact) mass is 207 g/mol. The molecule has 0 aliphatic carbocycles. The van der Waals surface area contributed by atoms with E-state index < -0.39 is 0 Å². The van der Waals surface area contributed by atoms with Gasteiger partial charge >= 0.3 is 0 Å². The Kier molecular flexibility index (Phi) is 2.55. The molecule has 14 heavy (non-hydrogen) atoms. The van der Waals surface area contributed by atoms with Crippen LogP contribution in [0.4, 0.5) is 0 Å². The average molecular weight is 208 g/mol. The first-order valence-corrected chi connectivity index (χ1v) is 4.83. The lowest BCUT2D eigenvalue weighted by atomic mass is 10.3. The van der Waals surface area contributed by atoms with Crippen molar-refractivity contribution in [2.24, 2.45) is 0 Å². The van der Waals surface area contributed by atoms with E-state index in [0.717, 1.165) is 29.8 Å². The lowest BCUT2D eigenvalue weighted by Crippen LogP contribution is -1.80. The molecular weight excluding hydrogens is 198 g/mol. The molecular formula is C11H10ClNO. The molecule has 0 N–H and O–H groups in total. The van der Waals surface area contributed by atoms with E-state index in [2.05, 4.69) is 11.6 Å². The first kappa shape index (κ1) is 9.28. The van der Waals surface area contributed by atoms with Gasteiger partial charge in [0.05, 0.1) is 0 Å². The second kappa shape index (κ2) is 3.84. The fourth-order valence-electron chi connectivity index (χ4n) is 1.28. The number of aryl methyl sites for hydroxylation is 1. The van der Waals surface area contributed by atoms with E-state index in [0.29, 0.717) is 5.02 Å². The normalized spacial score (nSPS) is 10.6. The quantitative estimate of drug-likeness (QED) is 0.719. The predicted molar refractivity (Wildman–Crippen MR) is 57.5 cm³/mol. The van der Waals surface area contributed by atoms with Gasteiger partial charge in [-0.2, -0.15) is 0 Å². The molecule has 72 valence electrons. The van der Waals surface area contributed by atoms with Crippen molar-refractivity contribution in [3.63, 3.8) is 0 Å². The number of rotatable bonds is 3. The number of oxazole rings is 1. The van der Waals surface area contributed by atoms with Crippen LogP contribution >= 0.6 is 11.6 Å². The zero-order valence-electron chi connectivity index (χ0n) is 7.66. The summed E-state index contributed by atoms with van der Waals surface area (Å²) in [6, 6.07) is 5.44. The highest BCUT2D eigenvalue weighted by molar-refractivity contribution is 6.31. The van der Waals surface area contributed by atoms with Crippen LogP contribution in [0.2, 0.25) is 5.02 Å². The topological polar surface area (TPSA) is 26.0 Å². The van der Waals surface area contributed by atoms with Crippen LogP contribution in [0.1, 0.15) is 12.3 Å². The molecule has 2 rings (SSSR count). The van der Waals surface area contributed by atoms with E-state index in [9.17, 15) is 0 Å². The second-order valence-electron chi connectivity index (χ2n) is 3.05. The van der Waals surface area contributed by atoms with Crippen LogP contribution in [0.3, 0.4) is 0 Å². The number of hydrogen-bond acceptors (Lipinski definition) is 2. The van der Waals surface area contributed by atoms with Crippen molar-refractivity contribution in [2.75, 3.05) is 0 Å². The molecule has 1 aromatic heterocycles. The molecule has 0 saturated heterocycles. The standard InChI is InChI=1S/C11H10ClNO/c1-2-3-4-11-13-9-7-8(12)5-6-10(9)14-11/h2,5-7H,1,3-4H2. The zero-order chi connectivity index (χ0) is 9.97. The molecule has 1 heterocycles. The van der Waals surface area contributed by atoms with E-state index in [4.69, 9.17) is 16.0 Å². The van der Waals surface area contributed by atoms with Gasteiger partial charge in [0, 0.05) is 11.4 Å². The number of aromatic nitrogens is 1. The van der Waals surface area contributed by atoms with E-state index >= 15 is 0 Å². The van der Waals surface area contributed by atoms with Gasteiger partial charge < -0.3 is 4.42 Å². The predicted octanol–water partition coefficient (Wildman–Crippen LogP) is 3.60. The van der Waals surface area contributed by atoms with E-state index in [-0.39, 0.29) is 0 Å². The van der Waals surface area contributed by atoms with Crippen LogP contribution < -0.4 is 0 Å². The van der Waals surface area contributed by atoms with Gasteiger partial charge in [-0.15, -0.1) is 6.58 Å². The summed E-state index contributed by atoms with van der Waals surface area (Å²) in [4.78, 5) is 4.31. The van der Waals surface area contributed by atoms with Gasteiger partial charge in [0.25, 0.3) is 0 Å². The van der Waals surface area contributed by atoms with Gasteiger partial charge in [0.1, 0.15) is 5.52 Å². The molecule has 0 aliphatic heterocycles. The Balaban J connectivity index is 2.36. The highest BCUT2D eigenvalue weighted by Gasteiger charge is 2.04. The third-order valence-corrected chi connectivity index (χ3v) is 2.19. The molecule has 2 nitrogen and oxygen atoms in total. The number of nitrogens with zero attached hydrogens (tertiary/aromatic N) is 1. The molecule has 3 heteroatoms. The Bertz CT molecular complexity index is 461. The summed E-state index contributed by atoms with van der Waals surface area (Å²) in [6.07, 6.45) is 3.51. The van der Waals surface area contributed by atoms with Crippen LogP contribution in [-0.2, 0) is 6.42 Å². The van der Waals surface area contributed by atoms with Crippen LogP contribution in [0.15, 0.2) is 35.3 Å². The molecule has 0 amide bonds.